The van der Waals surface area contributed by atoms with Crippen molar-refractivity contribution in [1.82, 2.24) is 0 Å². The summed E-state index contributed by atoms with van der Waals surface area (Å²) in [5, 5.41) is 4.96. The number of hydrogen-bond donors (Lipinski definition) is 1. The number of anilines is 3. The summed E-state index contributed by atoms with van der Waals surface area (Å²) in [5.74, 6) is 0. The molecule has 0 aromatic heterocycles. The number of nitrogen functional groups attached to an aromatic ring is 1. The zero-order valence-electron chi connectivity index (χ0n) is 26.0. The van der Waals surface area contributed by atoms with Crippen molar-refractivity contribution in [3.8, 4) is 22.3 Å². The van der Waals surface area contributed by atoms with E-state index in [4.69, 9.17) is 5.73 Å². The third kappa shape index (κ3) is 5.81. The Labute approximate surface area is 271 Å². The summed E-state index contributed by atoms with van der Waals surface area (Å²) in [6.07, 6.45) is 8.51. The van der Waals surface area contributed by atoms with Gasteiger partial charge in [-0.15, -0.1) is 0 Å². The van der Waals surface area contributed by atoms with E-state index in [1.807, 2.05) is 25.1 Å². The van der Waals surface area contributed by atoms with Gasteiger partial charge in [-0.2, -0.15) is 0 Å². The minimum absolute atomic E-state index is 0.717. The van der Waals surface area contributed by atoms with Crippen LogP contribution in [0, 0.1) is 0 Å². The summed E-state index contributed by atoms with van der Waals surface area (Å²) in [6, 6.07) is 54.0. The second kappa shape index (κ2) is 13.0. The average molecular weight is 593 g/mol. The molecule has 46 heavy (non-hydrogen) atoms. The van der Waals surface area contributed by atoms with Crippen LogP contribution in [-0.2, 0) is 6.54 Å². The maximum absolute atomic E-state index is 6.51. The van der Waals surface area contributed by atoms with Crippen LogP contribution < -0.4 is 10.6 Å². The van der Waals surface area contributed by atoms with Crippen LogP contribution in [0.5, 0.6) is 0 Å². The number of rotatable bonds is 8. The molecular weight excluding hydrogens is 556 g/mol. The van der Waals surface area contributed by atoms with Gasteiger partial charge in [0.25, 0.3) is 0 Å². The Bertz CT molecular complexity index is 2190. The lowest BCUT2D eigenvalue weighted by Crippen LogP contribution is -2.17. The Morgan fingerprint density at radius 2 is 1.26 bits per heavy atom. The minimum atomic E-state index is 0.717. The Kier molecular flexibility index (Phi) is 8.17. The van der Waals surface area contributed by atoms with Gasteiger partial charge in [0.15, 0.2) is 0 Å². The Balaban J connectivity index is 1.37. The molecule has 0 saturated carbocycles. The van der Waals surface area contributed by atoms with E-state index in [2.05, 4.69) is 163 Å². The molecule has 0 fully saturated rings. The molecule has 0 radical (unpaired) electrons. The topological polar surface area (TPSA) is 29.3 Å². The van der Waals surface area contributed by atoms with Gasteiger partial charge >= 0.3 is 0 Å². The van der Waals surface area contributed by atoms with E-state index in [0.717, 1.165) is 23.6 Å². The van der Waals surface area contributed by atoms with E-state index in [1.165, 1.54) is 54.9 Å². The molecule has 0 aliphatic carbocycles. The highest BCUT2D eigenvalue weighted by atomic mass is 15.1. The highest BCUT2D eigenvalue weighted by Crippen LogP contribution is 2.41. The quantitative estimate of drug-likeness (QED) is 0.140. The molecule has 222 valence electrons. The van der Waals surface area contributed by atoms with Crippen molar-refractivity contribution in [1.29, 1.82) is 0 Å². The van der Waals surface area contributed by atoms with Gasteiger partial charge in [-0.3, -0.25) is 0 Å². The Morgan fingerprint density at radius 3 is 2.04 bits per heavy atom. The van der Waals surface area contributed by atoms with E-state index in [1.54, 1.807) is 0 Å². The third-order valence-corrected chi connectivity index (χ3v) is 8.59. The van der Waals surface area contributed by atoms with Crippen LogP contribution in [0.1, 0.15) is 18.1 Å². The van der Waals surface area contributed by atoms with Crippen LogP contribution in [-0.4, -0.2) is 0 Å². The smallest absolute Gasteiger partial charge is 0.0647 e. The van der Waals surface area contributed by atoms with Crippen molar-refractivity contribution in [2.75, 3.05) is 10.6 Å². The van der Waals surface area contributed by atoms with Gasteiger partial charge in [0.2, 0.25) is 0 Å². The number of fused-ring (bicyclic) bond motifs is 2. The van der Waals surface area contributed by atoms with E-state index in [9.17, 15) is 0 Å². The SMILES string of the molecule is C/C=C\C=C/c1cc(-c2ccc3ccccc3c2)c2ccccc2c1-c1ccc(N(Cc2ccccc2)c2ccccc2N)cc1. The van der Waals surface area contributed by atoms with Crippen molar-refractivity contribution >= 4 is 44.7 Å². The molecule has 2 nitrogen and oxygen atoms in total. The lowest BCUT2D eigenvalue weighted by Gasteiger charge is -2.27. The summed E-state index contributed by atoms with van der Waals surface area (Å²) in [5.41, 5.74) is 16.6. The summed E-state index contributed by atoms with van der Waals surface area (Å²) in [4.78, 5) is 2.29. The first kappa shape index (κ1) is 28.9. The second-order valence-electron chi connectivity index (χ2n) is 11.6. The van der Waals surface area contributed by atoms with Crippen LogP contribution >= 0.6 is 0 Å². The molecule has 7 aromatic rings. The normalized spacial score (nSPS) is 11.6. The molecule has 0 aliphatic rings. The first-order chi connectivity index (χ1) is 22.7. The van der Waals surface area contributed by atoms with Crippen LogP contribution in [0.25, 0.3) is 49.9 Å². The van der Waals surface area contributed by atoms with Crippen LogP contribution in [0.3, 0.4) is 0 Å². The molecule has 2 N–H and O–H groups in total. The fourth-order valence-corrected chi connectivity index (χ4v) is 6.34. The summed E-state index contributed by atoms with van der Waals surface area (Å²) >= 11 is 0. The van der Waals surface area contributed by atoms with Crippen LogP contribution in [0.15, 0.2) is 170 Å². The zero-order chi connectivity index (χ0) is 31.3. The molecule has 0 unspecified atom stereocenters. The number of benzene rings is 7. The summed E-state index contributed by atoms with van der Waals surface area (Å²) in [6.45, 7) is 2.76. The molecule has 0 aliphatic heterocycles. The standard InChI is InChI=1S/C44H36N2/c1-2-3-5-18-37-30-41(36-24-23-33-16-8-9-17-35(33)29-36)39-19-10-11-20-40(39)44(37)34-25-27-38(28-26-34)46(31-32-14-6-4-7-15-32)43-22-13-12-21-42(43)45/h2-30H,31,45H2,1H3/b3-2-,18-5-. The van der Waals surface area contributed by atoms with Gasteiger partial charge in [0.05, 0.1) is 11.4 Å². The van der Waals surface area contributed by atoms with Gasteiger partial charge in [-0.05, 0) is 98.2 Å². The maximum atomic E-state index is 6.51. The third-order valence-electron chi connectivity index (χ3n) is 8.59. The summed E-state index contributed by atoms with van der Waals surface area (Å²) in [7, 11) is 0. The largest absolute Gasteiger partial charge is 0.397 e. The molecule has 7 rings (SSSR count). The predicted octanol–water partition coefficient (Wildman–Crippen LogP) is 11.8. The number of hydrogen-bond acceptors (Lipinski definition) is 2. The highest BCUT2D eigenvalue weighted by molar-refractivity contribution is 6.09. The van der Waals surface area contributed by atoms with E-state index in [-0.39, 0.29) is 0 Å². The van der Waals surface area contributed by atoms with Crippen molar-refractivity contribution in [2.24, 2.45) is 0 Å². The fraction of sp³-hybridized carbons (Fsp3) is 0.0455. The molecule has 0 amide bonds. The van der Waals surface area contributed by atoms with Gasteiger partial charge in [-0.25, -0.2) is 0 Å². The molecule has 7 aromatic carbocycles. The predicted molar refractivity (Wildman–Crippen MR) is 199 cm³/mol. The number of nitrogens with two attached hydrogens (primary N) is 1. The van der Waals surface area contributed by atoms with Gasteiger partial charge < -0.3 is 10.6 Å². The Hall–Kier alpha value is -5.86. The van der Waals surface area contributed by atoms with E-state index >= 15 is 0 Å². The fourth-order valence-electron chi connectivity index (χ4n) is 6.34. The second-order valence-corrected chi connectivity index (χ2v) is 11.6. The molecule has 0 atom stereocenters. The zero-order valence-corrected chi connectivity index (χ0v) is 26.0. The van der Waals surface area contributed by atoms with Crippen molar-refractivity contribution in [2.45, 2.75) is 13.5 Å². The first-order valence-electron chi connectivity index (χ1n) is 15.8. The van der Waals surface area contributed by atoms with Gasteiger partial charge in [0.1, 0.15) is 0 Å². The molecule has 0 saturated heterocycles. The summed E-state index contributed by atoms with van der Waals surface area (Å²) < 4.78 is 0. The highest BCUT2D eigenvalue weighted by Gasteiger charge is 2.17. The average Bonchev–Trinajstić information content (AvgIpc) is 3.11. The molecular formula is C44H36N2. The van der Waals surface area contributed by atoms with E-state index in [0.29, 0.717) is 0 Å². The lowest BCUT2D eigenvalue weighted by atomic mass is 9.87. The molecule has 0 bridgehead atoms. The van der Waals surface area contributed by atoms with Crippen molar-refractivity contribution in [3.63, 3.8) is 0 Å². The first-order valence-corrected chi connectivity index (χ1v) is 15.8. The maximum Gasteiger partial charge on any atom is 0.0647 e. The van der Waals surface area contributed by atoms with E-state index < -0.39 is 0 Å². The molecule has 0 heterocycles. The van der Waals surface area contributed by atoms with Gasteiger partial charge in [-0.1, -0.05) is 140 Å². The van der Waals surface area contributed by atoms with Crippen LogP contribution in [0.2, 0.25) is 0 Å². The number of nitrogens with zero attached hydrogens (tertiary/aromatic N) is 1. The van der Waals surface area contributed by atoms with Gasteiger partial charge in [0, 0.05) is 12.2 Å². The monoisotopic (exact) mass is 592 g/mol. The van der Waals surface area contributed by atoms with Crippen LogP contribution in [0.4, 0.5) is 17.1 Å². The van der Waals surface area contributed by atoms with Crippen molar-refractivity contribution < 1.29 is 0 Å². The van der Waals surface area contributed by atoms with Crippen molar-refractivity contribution in [3.05, 3.63) is 181 Å². The Morgan fingerprint density at radius 1 is 0.587 bits per heavy atom. The minimum Gasteiger partial charge on any atom is -0.397 e. The lowest BCUT2D eigenvalue weighted by molar-refractivity contribution is 0.977. The number of para-hydroxylation sites is 2. The molecule has 2 heteroatoms. The number of allylic oxidation sites excluding steroid dienone is 3. The molecule has 0 spiro atoms.